The number of benzene rings is 1. The molecule has 8 nitrogen and oxygen atoms in total. The van der Waals surface area contributed by atoms with E-state index in [0.717, 1.165) is 32.1 Å². The van der Waals surface area contributed by atoms with Gasteiger partial charge in [-0.15, -0.1) is 0 Å². The number of aromatic amines is 1. The lowest BCUT2D eigenvalue weighted by Crippen LogP contribution is -2.50. The van der Waals surface area contributed by atoms with Crippen molar-refractivity contribution in [1.82, 2.24) is 15.6 Å². The van der Waals surface area contributed by atoms with Crippen LogP contribution in [0.25, 0.3) is 10.9 Å². The molecular weight excluding hydrogens is 456 g/mol. The van der Waals surface area contributed by atoms with Gasteiger partial charge in [0.15, 0.2) is 0 Å². The lowest BCUT2D eigenvalue weighted by atomic mass is 9.84. The molecule has 2 amide bonds. The average molecular weight is 485 g/mol. The Morgan fingerprint density at radius 3 is 2.68 bits per heavy atom. The standard InChI is InChI=1S/C25H29ClN4O4/c1-34-23-11-16(26)10-19-18(23)12-21(29-19)25(33)30-20(8-14-6-7-14)24(32)28-17(13-27)9-15-4-2-3-5-22(15)31/h10-12,14-15,17,20,29H,2-9H2,1H3,(H,28,32)(H,30,33)/t15-,17-,20-/m0/s1. The molecule has 1 aromatic carbocycles. The molecule has 0 spiro atoms. The van der Waals surface area contributed by atoms with Crippen molar-refractivity contribution in [2.24, 2.45) is 11.8 Å². The van der Waals surface area contributed by atoms with Crippen molar-refractivity contribution in [2.75, 3.05) is 7.11 Å². The van der Waals surface area contributed by atoms with Crippen molar-refractivity contribution >= 4 is 40.1 Å². The van der Waals surface area contributed by atoms with Crippen LogP contribution in [0.4, 0.5) is 0 Å². The van der Waals surface area contributed by atoms with Gasteiger partial charge < -0.3 is 20.4 Å². The van der Waals surface area contributed by atoms with E-state index in [4.69, 9.17) is 16.3 Å². The summed E-state index contributed by atoms with van der Waals surface area (Å²) < 4.78 is 5.35. The summed E-state index contributed by atoms with van der Waals surface area (Å²) in [6.45, 7) is 0. The molecule has 4 rings (SSSR count). The number of H-pyrrole nitrogens is 1. The maximum Gasteiger partial charge on any atom is 0.268 e. The number of nitrogens with zero attached hydrogens (tertiary/aromatic N) is 1. The average Bonchev–Trinajstić information content (AvgIpc) is 3.54. The van der Waals surface area contributed by atoms with Gasteiger partial charge in [-0.25, -0.2) is 0 Å². The van der Waals surface area contributed by atoms with E-state index in [1.54, 1.807) is 18.2 Å². The molecule has 180 valence electrons. The van der Waals surface area contributed by atoms with Gasteiger partial charge in [-0.05, 0) is 49.8 Å². The summed E-state index contributed by atoms with van der Waals surface area (Å²) in [6, 6.07) is 5.62. The number of carbonyl (C=O) groups is 3. The van der Waals surface area contributed by atoms with Gasteiger partial charge in [0.1, 0.15) is 29.3 Å². The molecule has 1 aromatic heterocycles. The summed E-state index contributed by atoms with van der Waals surface area (Å²) in [4.78, 5) is 41.3. The zero-order valence-electron chi connectivity index (χ0n) is 19.2. The first-order valence-electron chi connectivity index (χ1n) is 11.8. The Labute approximate surface area is 203 Å². The Kier molecular flexibility index (Phi) is 7.42. The topological polar surface area (TPSA) is 124 Å². The fourth-order valence-corrected chi connectivity index (χ4v) is 4.83. The first-order chi connectivity index (χ1) is 16.4. The number of nitrogens with one attached hydrogen (secondary N) is 3. The molecule has 0 saturated heterocycles. The summed E-state index contributed by atoms with van der Waals surface area (Å²) in [7, 11) is 1.53. The number of Topliss-reactive ketones (excluding diaryl/α,β-unsaturated/α-hetero) is 1. The number of ether oxygens (including phenoxy) is 1. The highest BCUT2D eigenvalue weighted by Crippen LogP contribution is 2.34. The van der Waals surface area contributed by atoms with Gasteiger partial charge in [0.2, 0.25) is 5.91 Å². The Balaban J connectivity index is 1.45. The fourth-order valence-electron chi connectivity index (χ4n) is 4.62. The number of hydrogen-bond donors (Lipinski definition) is 3. The second kappa shape index (κ2) is 10.5. The van der Waals surface area contributed by atoms with E-state index in [9.17, 15) is 19.6 Å². The molecule has 0 unspecified atom stereocenters. The number of amides is 2. The second-order valence-corrected chi connectivity index (χ2v) is 9.73. The summed E-state index contributed by atoms with van der Waals surface area (Å²) in [6.07, 6.45) is 5.99. The van der Waals surface area contributed by atoms with E-state index in [2.05, 4.69) is 21.7 Å². The number of aromatic nitrogens is 1. The fraction of sp³-hybridized carbons (Fsp3) is 0.520. The summed E-state index contributed by atoms with van der Waals surface area (Å²) in [5, 5.41) is 16.4. The number of nitriles is 1. The highest BCUT2D eigenvalue weighted by atomic mass is 35.5. The summed E-state index contributed by atoms with van der Waals surface area (Å²) >= 11 is 6.12. The monoisotopic (exact) mass is 484 g/mol. The first-order valence-corrected chi connectivity index (χ1v) is 12.2. The van der Waals surface area contributed by atoms with Gasteiger partial charge in [-0.3, -0.25) is 14.4 Å². The molecule has 3 N–H and O–H groups in total. The van der Waals surface area contributed by atoms with Crippen LogP contribution in [0.15, 0.2) is 18.2 Å². The quantitative estimate of drug-likeness (QED) is 0.498. The third-order valence-corrected chi connectivity index (χ3v) is 6.91. The minimum atomic E-state index is -0.769. The summed E-state index contributed by atoms with van der Waals surface area (Å²) in [5.74, 6) is 0.0662. The number of rotatable bonds is 9. The van der Waals surface area contributed by atoms with Crippen molar-refractivity contribution in [1.29, 1.82) is 5.26 Å². The van der Waals surface area contributed by atoms with Crippen molar-refractivity contribution in [3.63, 3.8) is 0 Å². The normalized spacial score (nSPS) is 19.8. The van der Waals surface area contributed by atoms with Gasteiger partial charge in [-0.2, -0.15) is 5.26 Å². The van der Waals surface area contributed by atoms with E-state index in [0.29, 0.717) is 46.9 Å². The highest BCUT2D eigenvalue weighted by molar-refractivity contribution is 6.31. The number of fused-ring (bicyclic) bond motifs is 1. The van der Waals surface area contributed by atoms with Crippen LogP contribution in [0.3, 0.4) is 0 Å². The van der Waals surface area contributed by atoms with Gasteiger partial charge in [0.25, 0.3) is 5.91 Å². The van der Waals surface area contributed by atoms with Crippen LogP contribution in [0, 0.1) is 23.2 Å². The lowest BCUT2D eigenvalue weighted by Gasteiger charge is -2.24. The first kappa shape index (κ1) is 24.1. The Morgan fingerprint density at radius 1 is 1.21 bits per heavy atom. The van der Waals surface area contributed by atoms with Gasteiger partial charge in [0.05, 0.1) is 18.7 Å². The molecule has 2 aliphatic rings. The van der Waals surface area contributed by atoms with E-state index in [1.807, 2.05) is 0 Å². The van der Waals surface area contributed by atoms with E-state index in [-0.39, 0.29) is 17.4 Å². The van der Waals surface area contributed by atoms with E-state index >= 15 is 0 Å². The van der Waals surface area contributed by atoms with E-state index < -0.39 is 23.9 Å². The number of halogens is 1. The van der Waals surface area contributed by atoms with Crippen molar-refractivity contribution in [2.45, 2.75) is 63.5 Å². The zero-order chi connectivity index (χ0) is 24.2. The van der Waals surface area contributed by atoms with Gasteiger partial charge in [0, 0.05) is 22.7 Å². The third kappa shape index (κ3) is 5.71. The minimum Gasteiger partial charge on any atom is -0.496 e. The molecule has 34 heavy (non-hydrogen) atoms. The Hall–Kier alpha value is -3.05. The molecule has 3 atom stereocenters. The SMILES string of the molecule is COc1cc(Cl)cc2[nH]c(C(=O)N[C@@H](CC3CC3)C(=O)N[C@H](C#N)C[C@@H]3CCCCC3=O)cc12. The molecule has 2 aliphatic carbocycles. The molecule has 0 bridgehead atoms. The molecule has 2 fully saturated rings. The number of carbonyl (C=O) groups excluding carboxylic acids is 3. The molecule has 0 radical (unpaired) electrons. The van der Waals surface area contributed by atoms with Gasteiger partial charge >= 0.3 is 0 Å². The molecule has 1 heterocycles. The largest absolute Gasteiger partial charge is 0.496 e. The third-order valence-electron chi connectivity index (χ3n) is 6.69. The van der Waals surface area contributed by atoms with E-state index in [1.165, 1.54) is 7.11 Å². The molecular formula is C25H29ClN4O4. The van der Waals surface area contributed by atoms with Crippen LogP contribution < -0.4 is 15.4 Å². The molecule has 9 heteroatoms. The van der Waals surface area contributed by atoms with Crippen LogP contribution in [0.1, 0.15) is 61.9 Å². The molecule has 2 saturated carbocycles. The highest BCUT2D eigenvalue weighted by Gasteiger charge is 2.33. The van der Waals surface area contributed by atoms with Crippen molar-refractivity contribution in [3.8, 4) is 11.8 Å². The minimum absolute atomic E-state index is 0.165. The lowest BCUT2D eigenvalue weighted by molar-refractivity contribution is -0.126. The number of ketones is 1. The Bertz CT molecular complexity index is 1130. The zero-order valence-corrected chi connectivity index (χ0v) is 19.9. The summed E-state index contributed by atoms with van der Waals surface area (Å²) in [5.41, 5.74) is 0.938. The molecule has 2 aromatic rings. The predicted octanol–water partition coefficient (Wildman–Crippen LogP) is 3.89. The van der Waals surface area contributed by atoms with Crippen molar-refractivity contribution < 1.29 is 19.1 Å². The Morgan fingerprint density at radius 2 is 2.00 bits per heavy atom. The number of methoxy groups -OCH3 is 1. The molecule has 0 aliphatic heterocycles. The van der Waals surface area contributed by atoms with Crippen molar-refractivity contribution in [3.05, 3.63) is 28.9 Å². The number of hydrogen-bond acceptors (Lipinski definition) is 5. The van der Waals surface area contributed by atoms with Crippen LogP contribution in [0.2, 0.25) is 5.02 Å². The van der Waals surface area contributed by atoms with Gasteiger partial charge in [-0.1, -0.05) is 30.9 Å². The maximum atomic E-state index is 13.1. The predicted molar refractivity (Wildman–Crippen MR) is 128 cm³/mol. The second-order valence-electron chi connectivity index (χ2n) is 9.29. The van der Waals surface area contributed by atoms with Crippen LogP contribution in [-0.2, 0) is 9.59 Å². The van der Waals surface area contributed by atoms with Crippen LogP contribution in [-0.4, -0.2) is 41.8 Å². The smallest absolute Gasteiger partial charge is 0.268 e. The van der Waals surface area contributed by atoms with Crippen LogP contribution in [0.5, 0.6) is 5.75 Å². The maximum absolute atomic E-state index is 13.1. The van der Waals surface area contributed by atoms with Crippen LogP contribution >= 0.6 is 11.6 Å².